The summed E-state index contributed by atoms with van der Waals surface area (Å²) in [5, 5.41) is 39.4. The van der Waals surface area contributed by atoms with Gasteiger partial charge in [0.05, 0.1) is 28.1 Å². The van der Waals surface area contributed by atoms with Crippen molar-refractivity contribution in [3.05, 3.63) is 73.6 Å². The van der Waals surface area contributed by atoms with E-state index in [-0.39, 0.29) is 40.0 Å². The summed E-state index contributed by atoms with van der Waals surface area (Å²) < 4.78 is 41.6. The van der Waals surface area contributed by atoms with Crippen LogP contribution in [0.4, 0.5) is 18.3 Å². The fourth-order valence-electron chi connectivity index (χ4n) is 4.44. The number of aliphatic hydroxyl groups is 1. The molecule has 192 valence electrons. The van der Waals surface area contributed by atoms with Crippen LogP contribution in [0.3, 0.4) is 0 Å². The number of β-amino-alcohol motifs (C(OH)–C–C–N with tert-alkyl or cyclic N) is 1. The molecule has 37 heavy (non-hydrogen) atoms. The number of aromatic nitrogens is 1. The lowest BCUT2D eigenvalue weighted by molar-refractivity contribution is -0.139. The second kappa shape index (κ2) is 9.43. The van der Waals surface area contributed by atoms with E-state index in [1.807, 2.05) is 0 Å². The van der Waals surface area contributed by atoms with Gasteiger partial charge in [0, 0.05) is 30.0 Å². The molecule has 2 aliphatic rings. The number of aromatic hydroxyl groups is 1. The first-order chi connectivity index (χ1) is 17.5. The van der Waals surface area contributed by atoms with E-state index >= 15 is 0 Å². The number of carbonyl (C=O) groups is 1. The number of carboxylic acids is 1. The quantitative estimate of drug-likeness (QED) is 0.449. The highest BCUT2D eigenvalue weighted by Gasteiger charge is 2.39. The molecule has 2 aromatic carbocycles. The maximum absolute atomic E-state index is 13.9. The third kappa shape index (κ3) is 4.91. The lowest BCUT2D eigenvalue weighted by atomic mass is 9.96. The Morgan fingerprint density at radius 2 is 2.00 bits per heavy atom. The number of carboxylic acid groups (broad SMARTS) is 1. The molecule has 0 saturated carbocycles. The first-order valence-electron chi connectivity index (χ1n) is 11.0. The van der Waals surface area contributed by atoms with Crippen molar-refractivity contribution in [3.8, 4) is 5.88 Å². The lowest BCUT2D eigenvalue weighted by Gasteiger charge is -2.19. The van der Waals surface area contributed by atoms with Crippen molar-refractivity contribution in [2.24, 2.45) is 10.2 Å². The fraction of sp³-hybridized carbons (Fsp3) is 0.250. The number of aliphatic hydroxyl groups excluding tert-OH is 1. The number of hydrogen-bond acceptors (Lipinski definition) is 8. The smallest absolute Gasteiger partial charge is 0.416 e. The summed E-state index contributed by atoms with van der Waals surface area (Å²) in [6.07, 6.45) is -4.31. The monoisotopic (exact) mass is 550 g/mol. The van der Waals surface area contributed by atoms with Gasteiger partial charge in [0.25, 0.3) is 0 Å². The van der Waals surface area contributed by atoms with Crippen LogP contribution in [0.1, 0.15) is 28.0 Å². The molecule has 1 fully saturated rings. The van der Waals surface area contributed by atoms with Crippen molar-refractivity contribution in [1.29, 1.82) is 0 Å². The van der Waals surface area contributed by atoms with Crippen molar-refractivity contribution < 1.29 is 33.3 Å². The third-order valence-corrected chi connectivity index (χ3v) is 7.54. The van der Waals surface area contributed by atoms with Crippen LogP contribution in [0.2, 0.25) is 5.02 Å². The van der Waals surface area contributed by atoms with E-state index in [0.29, 0.717) is 21.7 Å². The summed E-state index contributed by atoms with van der Waals surface area (Å²) in [5.41, 5.74) is 0.0111. The van der Waals surface area contributed by atoms with Crippen LogP contribution in [-0.4, -0.2) is 51.2 Å². The van der Waals surface area contributed by atoms with Crippen molar-refractivity contribution in [3.63, 3.8) is 0 Å². The number of thiazole rings is 1. The number of aliphatic carboxylic acids is 1. The Kier molecular flexibility index (Phi) is 6.42. The largest absolute Gasteiger partial charge is 0.492 e. The molecule has 2 atom stereocenters. The molecule has 3 N–H and O–H groups in total. The Hall–Kier alpha value is -3.48. The van der Waals surface area contributed by atoms with Crippen LogP contribution < -0.4 is 15.5 Å². The van der Waals surface area contributed by atoms with Gasteiger partial charge in [-0.1, -0.05) is 35.1 Å². The van der Waals surface area contributed by atoms with Crippen LogP contribution in [0, 0.1) is 0 Å². The Balaban J connectivity index is 1.68. The highest BCUT2D eigenvalue weighted by atomic mass is 35.5. The predicted octanol–water partition coefficient (Wildman–Crippen LogP) is 2.95. The van der Waals surface area contributed by atoms with Gasteiger partial charge in [-0.2, -0.15) is 28.4 Å². The van der Waals surface area contributed by atoms with Gasteiger partial charge in [-0.3, -0.25) is 0 Å². The highest BCUT2D eigenvalue weighted by Crippen LogP contribution is 2.41. The van der Waals surface area contributed by atoms with Crippen LogP contribution in [-0.2, 0) is 17.4 Å². The summed E-state index contributed by atoms with van der Waals surface area (Å²) in [7, 11) is 0. The second-order valence-electron chi connectivity index (χ2n) is 8.62. The number of alkyl halides is 3. The Bertz CT molecular complexity index is 1560. The molecule has 5 rings (SSSR count). The zero-order chi connectivity index (χ0) is 26.5. The van der Waals surface area contributed by atoms with E-state index in [0.717, 1.165) is 17.4 Å². The van der Waals surface area contributed by atoms with Gasteiger partial charge in [0.15, 0.2) is 5.13 Å². The van der Waals surface area contributed by atoms with Gasteiger partial charge < -0.3 is 20.2 Å². The molecular formula is C24H18ClF3N4O4S. The van der Waals surface area contributed by atoms with Crippen molar-refractivity contribution in [2.75, 3.05) is 11.4 Å². The molecule has 2 aliphatic heterocycles. The van der Waals surface area contributed by atoms with E-state index in [4.69, 9.17) is 11.6 Å². The maximum atomic E-state index is 13.9. The molecular weight excluding hydrogens is 533 g/mol. The van der Waals surface area contributed by atoms with Crippen molar-refractivity contribution in [2.45, 2.75) is 31.2 Å². The lowest BCUT2D eigenvalue weighted by Crippen LogP contribution is -2.35. The summed E-state index contributed by atoms with van der Waals surface area (Å²) in [4.78, 5) is 17.4. The number of nitrogens with zero attached hydrogens (tertiary/aromatic N) is 4. The molecule has 0 bridgehead atoms. The van der Waals surface area contributed by atoms with Gasteiger partial charge in [0.1, 0.15) is 6.04 Å². The molecule has 0 amide bonds. The molecule has 0 aliphatic carbocycles. The topological polar surface area (TPSA) is 119 Å². The number of fused-ring (bicyclic) bond motifs is 1. The van der Waals surface area contributed by atoms with E-state index in [2.05, 4.69) is 15.2 Å². The minimum Gasteiger partial charge on any atom is -0.492 e. The normalized spacial score (nSPS) is 19.6. The minimum absolute atomic E-state index is 0.00901. The standard InChI is InChI=1S/C24H18ClF3N4O4S/c25-14-3-1-12(17(7-14)24(26,27)28)6-16(11-2-4-18-13(5-11)9-29-31-18)20-21(34)30-23(37-20)32-10-15(33)8-19(32)22(35)36/h1-5,7,9,15,19,33-34H,6,8,10H2,(H,35,36)/t15-,19+/m1/s1. The number of anilines is 1. The van der Waals surface area contributed by atoms with Crippen LogP contribution >= 0.6 is 22.9 Å². The number of halogens is 4. The molecule has 1 saturated heterocycles. The van der Waals surface area contributed by atoms with Crippen molar-refractivity contribution in [1.82, 2.24) is 4.98 Å². The van der Waals surface area contributed by atoms with Crippen LogP contribution in [0.5, 0.6) is 5.88 Å². The molecule has 3 aromatic rings. The summed E-state index contributed by atoms with van der Waals surface area (Å²) in [6.45, 7) is -0.00901. The van der Waals surface area contributed by atoms with Gasteiger partial charge in [0.2, 0.25) is 5.88 Å². The molecule has 0 radical (unpaired) electrons. The molecule has 13 heteroatoms. The van der Waals surface area contributed by atoms with Gasteiger partial charge >= 0.3 is 12.1 Å². The summed E-state index contributed by atoms with van der Waals surface area (Å²) in [6, 6.07) is 7.47. The van der Waals surface area contributed by atoms with E-state index in [9.17, 15) is 33.3 Å². The number of benzene rings is 2. The molecule has 8 nitrogen and oxygen atoms in total. The maximum Gasteiger partial charge on any atom is 0.416 e. The Labute approximate surface area is 216 Å². The van der Waals surface area contributed by atoms with Gasteiger partial charge in [-0.25, -0.2) is 4.79 Å². The average molecular weight is 551 g/mol. The molecule has 0 spiro atoms. The van der Waals surface area contributed by atoms with Gasteiger partial charge in [-0.15, -0.1) is 0 Å². The van der Waals surface area contributed by atoms with Crippen molar-refractivity contribution >= 4 is 45.8 Å². The Morgan fingerprint density at radius 3 is 2.73 bits per heavy atom. The zero-order valence-electron chi connectivity index (χ0n) is 18.8. The Morgan fingerprint density at radius 1 is 1.22 bits per heavy atom. The summed E-state index contributed by atoms with van der Waals surface area (Å²) in [5.74, 6) is -1.61. The molecule has 1 aromatic heterocycles. The molecule has 0 unspecified atom stereocenters. The van der Waals surface area contributed by atoms with Gasteiger partial charge in [-0.05, 0) is 40.6 Å². The van der Waals surface area contributed by atoms with E-state index in [1.165, 1.54) is 23.2 Å². The van der Waals surface area contributed by atoms with E-state index in [1.54, 1.807) is 18.2 Å². The number of rotatable bonds is 5. The average Bonchev–Trinajstić information content (AvgIpc) is 3.55. The third-order valence-electron chi connectivity index (χ3n) is 6.16. The first-order valence-corrected chi connectivity index (χ1v) is 12.2. The minimum atomic E-state index is -4.67. The predicted molar refractivity (Wildman–Crippen MR) is 131 cm³/mol. The SMILES string of the molecule is O=C(O)[C@@H]1C[C@@H](O)CN1c1nc(O)c(C(Cc2ccc(Cl)cc2C(F)(F)F)=c2ccc3c(c2)C=NN=3)s1. The van der Waals surface area contributed by atoms with Crippen LogP contribution in [0.15, 0.2) is 46.6 Å². The molecule has 3 heterocycles. The first kappa shape index (κ1) is 25.2. The fourth-order valence-corrected chi connectivity index (χ4v) is 5.70. The summed E-state index contributed by atoms with van der Waals surface area (Å²) >= 11 is 6.80. The zero-order valence-corrected chi connectivity index (χ0v) is 20.3. The van der Waals surface area contributed by atoms with Crippen LogP contribution in [0.25, 0.3) is 5.57 Å². The highest BCUT2D eigenvalue weighted by molar-refractivity contribution is 7.17. The van der Waals surface area contributed by atoms with E-state index < -0.39 is 35.7 Å². The second-order valence-corrected chi connectivity index (χ2v) is 10.0. The number of hydrogen-bond donors (Lipinski definition) is 3.